The minimum absolute atomic E-state index is 0.593. The van der Waals surface area contributed by atoms with Crippen molar-refractivity contribution in [2.75, 3.05) is 39.6 Å². The third kappa shape index (κ3) is 11.6. The maximum Gasteiger partial charge on any atom is 0.501 e. The van der Waals surface area contributed by atoms with E-state index in [-0.39, 0.29) is 0 Å². The van der Waals surface area contributed by atoms with E-state index in [9.17, 15) is 0 Å². The summed E-state index contributed by atoms with van der Waals surface area (Å²) < 4.78 is 36.7. The highest BCUT2D eigenvalue weighted by molar-refractivity contribution is 9.09. The first-order valence-electron chi connectivity index (χ1n) is 14.8. The second-order valence-electron chi connectivity index (χ2n) is 9.33. The minimum atomic E-state index is -2.71. The van der Waals surface area contributed by atoms with Crippen molar-refractivity contribution >= 4 is 49.0 Å². The molecule has 0 aromatic heterocycles. The Morgan fingerprint density at radius 3 is 1.12 bits per heavy atom. The van der Waals surface area contributed by atoms with E-state index in [0.717, 1.165) is 24.9 Å². The van der Waals surface area contributed by atoms with Gasteiger partial charge in [-0.05, 0) is 122 Å². The summed E-state index contributed by atoms with van der Waals surface area (Å²) in [6.07, 6.45) is 1.71. The fourth-order valence-electron chi connectivity index (χ4n) is 4.72. The van der Waals surface area contributed by atoms with Crippen LogP contribution in [0, 0.1) is 13.8 Å². The highest BCUT2D eigenvalue weighted by Gasteiger charge is 2.41. The summed E-state index contributed by atoms with van der Waals surface area (Å²) in [5, 5.41) is 0. The normalized spacial score (nSPS) is 12.3. The highest BCUT2D eigenvalue weighted by atomic mass is 33.5. The summed E-state index contributed by atoms with van der Waals surface area (Å²) in [7, 11) is 0.0582. The van der Waals surface area contributed by atoms with Gasteiger partial charge in [-0.1, -0.05) is 36.4 Å². The standard InChI is InChI=1S/C30H50O6S3Si2/c1-9-31-40(32-10-2,33-11-3)23-21-27-19-15-17-25(7)29(27)37-39-38-30-26(8)18-16-20-28(30)22-24-41(34-12-4,35-13-5)36-14-6/h15-20H,9-14,21-24H2,1-8H3. The van der Waals surface area contributed by atoms with Gasteiger partial charge in [0.2, 0.25) is 0 Å². The molecule has 0 atom stereocenters. The molecule has 0 radical (unpaired) electrons. The van der Waals surface area contributed by atoms with E-state index in [1.54, 1.807) is 0 Å². The van der Waals surface area contributed by atoms with Crippen LogP contribution in [-0.4, -0.2) is 57.3 Å². The summed E-state index contributed by atoms with van der Waals surface area (Å²) in [6.45, 7) is 20.0. The molecule has 2 rings (SSSR count). The number of rotatable bonds is 22. The molecule has 0 saturated carbocycles. The molecule has 0 aliphatic heterocycles. The van der Waals surface area contributed by atoms with Gasteiger partial charge in [-0.2, -0.15) is 0 Å². The summed E-state index contributed by atoms with van der Waals surface area (Å²) in [5.74, 6) is 0. The Morgan fingerprint density at radius 2 is 0.829 bits per heavy atom. The smallest absolute Gasteiger partial charge is 0.374 e. The van der Waals surface area contributed by atoms with E-state index in [0.29, 0.717) is 39.6 Å². The van der Waals surface area contributed by atoms with Gasteiger partial charge >= 0.3 is 17.6 Å². The van der Waals surface area contributed by atoms with Gasteiger partial charge < -0.3 is 26.6 Å². The van der Waals surface area contributed by atoms with Crippen LogP contribution < -0.4 is 0 Å². The Kier molecular flexibility index (Phi) is 17.9. The zero-order chi connectivity index (χ0) is 30.1. The van der Waals surface area contributed by atoms with Crippen molar-refractivity contribution in [2.45, 2.75) is 90.1 Å². The van der Waals surface area contributed by atoms with Crippen molar-refractivity contribution in [3.8, 4) is 0 Å². The molecule has 0 unspecified atom stereocenters. The molecule has 2 aromatic rings. The van der Waals surface area contributed by atoms with Gasteiger partial charge in [-0.15, -0.1) is 0 Å². The van der Waals surface area contributed by atoms with Crippen LogP contribution in [0.1, 0.15) is 63.8 Å². The molecular weight excluding hydrogens is 609 g/mol. The van der Waals surface area contributed by atoms with Crippen molar-refractivity contribution in [2.24, 2.45) is 0 Å². The van der Waals surface area contributed by atoms with E-state index in [4.69, 9.17) is 26.6 Å². The fourth-order valence-corrected chi connectivity index (χ4v) is 14.5. The van der Waals surface area contributed by atoms with Gasteiger partial charge in [0, 0.05) is 61.5 Å². The Bertz CT molecular complexity index is 916. The summed E-state index contributed by atoms with van der Waals surface area (Å²) in [5.41, 5.74) is 5.18. The average Bonchev–Trinajstić information content (AvgIpc) is 2.94. The first-order chi connectivity index (χ1) is 19.8. The molecule has 0 N–H and O–H groups in total. The molecule has 6 nitrogen and oxygen atoms in total. The van der Waals surface area contributed by atoms with Crippen LogP contribution in [0.25, 0.3) is 0 Å². The van der Waals surface area contributed by atoms with Gasteiger partial charge in [0.25, 0.3) is 0 Å². The fraction of sp³-hybridized carbons (Fsp3) is 0.600. The second kappa shape index (κ2) is 19.9. The molecule has 0 fully saturated rings. The van der Waals surface area contributed by atoms with Crippen LogP contribution in [0.5, 0.6) is 0 Å². The molecule has 232 valence electrons. The van der Waals surface area contributed by atoms with Crippen LogP contribution in [0.4, 0.5) is 0 Å². The second-order valence-corrected chi connectivity index (χ2v) is 18.7. The molecule has 0 heterocycles. The van der Waals surface area contributed by atoms with E-state index >= 15 is 0 Å². The van der Waals surface area contributed by atoms with E-state index < -0.39 is 17.6 Å². The molecule has 2 aromatic carbocycles. The lowest BCUT2D eigenvalue weighted by Crippen LogP contribution is -2.46. The molecule has 41 heavy (non-hydrogen) atoms. The molecular formula is C30H50O6S3Si2. The quantitative estimate of drug-likeness (QED) is 0.0912. The Morgan fingerprint density at radius 1 is 0.512 bits per heavy atom. The van der Waals surface area contributed by atoms with E-state index in [2.05, 4.69) is 50.2 Å². The third-order valence-electron chi connectivity index (χ3n) is 6.41. The van der Waals surface area contributed by atoms with Crippen LogP contribution in [0.2, 0.25) is 12.1 Å². The SMILES string of the molecule is CCO[Si](CCc1cccc(C)c1SSSc1c(C)cccc1CC[Si](OCC)(OCC)OCC)(OCC)OCC. The lowest BCUT2D eigenvalue weighted by atomic mass is 10.1. The summed E-state index contributed by atoms with van der Waals surface area (Å²) in [6, 6.07) is 14.6. The van der Waals surface area contributed by atoms with Crippen LogP contribution in [0.15, 0.2) is 46.2 Å². The molecule has 0 spiro atoms. The van der Waals surface area contributed by atoms with E-state index in [1.165, 1.54) is 32.0 Å². The monoisotopic (exact) mass is 658 g/mol. The van der Waals surface area contributed by atoms with Crippen LogP contribution >= 0.6 is 31.4 Å². The number of hydrogen-bond donors (Lipinski definition) is 0. The van der Waals surface area contributed by atoms with Crippen molar-refractivity contribution in [1.82, 2.24) is 0 Å². The van der Waals surface area contributed by atoms with Crippen LogP contribution in [0.3, 0.4) is 0 Å². The predicted molar refractivity (Wildman–Crippen MR) is 180 cm³/mol. The first kappa shape index (κ1) is 36.9. The molecule has 0 bridgehead atoms. The molecule has 0 aliphatic carbocycles. The first-order valence-corrected chi connectivity index (χ1v) is 22.2. The molecule has 0 aliphatic rings. The van der Waals surface area contributed by atoms with E-state index in [1.807, 2.05) is 73.0 Å². The van der Waals surface area contributed by atoms with Crippen molar-refractivity contribution in [3.63, 3.8) is 0 Å². The third-order valence-corrected chi connectivity index (χ3v) is 16.8. The summed E-state index contributed by atoms with van der Waals surface area (Å²) in [4.78, 5) is 2.62. The number of benzene rings is 2. The van der Waals surface area contributed by atoms with Crippen LogP contribution in [-0.2, 0) is 39.4 Å². The Balaban J connectivity index is 2.17. The zero-order valence-corrected chi connectivity index (χ0v) is 30.7. The minimum Gasteiger partial charge on any atom is -0.374 e. The summed E-state index contributed by atoms with van der Waals surface area (Å²) >= 11 is 0. The zero-order valence-electron chi connectivity index (χ0n) is 26.2. The largest absolute Gasteiger partial charge is 0.501 e. The van der Waals surface area contributed by atoms with Gasteiger partial charge in [0.1, 0.15) is 0 Å². The molecule has 11 heteroatoms. The van der Waals surface area contributed by atoms with Crippen molar-refractivity contribution < 1.29 is 26.6 Å². The molecule has 0 saturated heterocycles. The number of aryl methyl sites for hydroxylation is 4. The topological polar surface area (TPSA) is 55.4 Å². The Labute approximate surface area is 262 Å². The maximum absolute atomic E-state index is 6.11. The average molecular weight is 659 g/mol. The maximum atomic E-state index is 6.11. The van der Waals surface area contributed by atoms with Gasteiger partial charge in [-0.25, -0.2) is 0 Å². The van der Waals surface area contributed by atoms with Gasteiger partial charge in [0.05, 0.1) is 0 Å². The van der Waals surface area contributed by atoms with Gasteiger partial charge in [-0.3, -0.25) is 0 Å². The van der Waals surface area contributed by atoms with Gasteiger partial charge in [0.15, 0.2) is 0 Å². The lowest BCUT2D eigenvalue weighted by Gasteiger charge is -2.29. The highest BCUT2D eigenvalue weighted by Crippen LogP contribution is 2.48. The van der Waals surface area contributed by atoms with Crippen molar-refractivity contribution in [1.29, 1.82) is 0 Å². The molecule has 0 amide bonds. The number of hydrogen-bond acceptors (Lipinski definition) is 9. The van der Waals surface area contributed by atoms with Crippen molar-refractivity contribution in [3.05, 3.63) is 58.7 Å². The predicted octanol–water partition coefficient (Wildman–Crippen LogP) is 8.93. The lowest BCUT2D eigenvalue weighted by molar-refractivity contribution is 0.0706. The Hall–Kier alpha value is -0.316.